The third-order valence-corrected chi connectivity index (χ3v) is 5.31. The molecule has 3 rings (SSSR count). The second-order valence-electron chi connectivity index (χ2n) is 5.66. The van der Waals surface area contributed by atoms with Crippen LogP contribution in [0.3, 0.4) is 0 Å². The Hall–Kier alpha value is -1.22. The number of hydrogen-bond donors (Lipinski definition) is 2. The molecule has 0 unspecified atom stereocenters. The zero-order chi connectivity index (χ0) is 16.2. The van der Waals surface area contributed by atoms with Gasteiger partial charge in [0.25, 0.3) is 0 Å². The normalized spacial score (nSPS) is 16.6. The summed E-state index contributed by atoms with van der Waals surface area (Å²) in [5.74, 6) is 0. The Kier molecular flexibility index (Phi) is 5.47. The maximum Gasteiger partial charge on any atom is 0.321 e. The van der Waals surface area contributed by atoms with Crippen LogP contribution in [0, 0.1) is 0 Å². The number of piperazine rings is 1. The van der Waals surface area contributed by atoms with Gasteiger partial charge in [-0.2, -0.15) is 0 Å². The molecule has 0 bridgehead atoms. The number of urea groups is 1. The van der Waals surface area contributed by atoms with Crippen LogP contribution >= 0.6 is 27.3 Å². The van der Waals surface area contributed by atoms with E-state index in [1.54, 1.807) is 0 Å². The molecule has 1 aliphatic heterocycles. The first-order valence-corrected chi connectivity index (χ1v) is 9.23. The summed E-state index contributed by atoms with van der Waals surface area (Å²) in [6.45, 7) is 5.83. The molecule has 8 heteroatoms. The SMILES string of the molecule is CN1CCN(CCNC(=O)Nc2nc3ccc(Br)cc3s2)CC1. The molecule has 1 aromatic carbocycles. The van der Waals surface area contributed by atoms with E-state index in [1.807, 2.05) is 18.2 Å². The van der Waals surface area contributed by atoms with Gasteiger partial charge in [0, 0.05) is 43.7 Å². The number of benzene rings is 1. The van der Waals surface area contributed by atoms with Gasteiger partial charge in [0.1, 0.15) is 0 Å². The van der Waals surface area contributed by atoms with Crippen LogP contribution in [0.15, 0.2) is 22.7 Å². The topological polar surface area (TPSA) is 60.5 Å². The van der Waals surface area contributed by atoms with Gasteiger partial charge >= 0.3 is 6.03 Å². The lowest BCUT2D eigenvalue weighted by molar-refractivity contribution is 0.155. The van der Waals surface area contributed by atoms with Crippen molar-refractivity contribution in [2.75, 3.05) is 51.6 Å². The van der Waals surface area contributed by atoms with Crippen molar-refractivity contribution in [3.63, 3.8) is 0 Å². The van der Waals surface area contributed by atoms with Gasteiger partial charge in [0.05, 0.1) is 10.2 Å². The summed E-state index contributed by atoms with van der Waals surface area (Å²) >= 11 is 4.91. The fourth-order valence-corrected chi connectivity index (χ4v) is 3.91. The summed E-state index contributed by atoms with van der Waals surface area (Å²) in [5, 5.41) is 6.33. The number of carbonyl (C=O) groups excluding carboxylic acids is 1. The molecule has 0 atom stereocenters. The van der Waals surface area contributed by atoms with Gasteiger partial charge in [-0.15, -0.1) is 0 Å². The van der Waals surface area contributed by atoms with E-state index >= 15 is 0 Å². The summed E-state index contributed by atoms with van der Waals surface area (Å²) in [4.78, 5) is 21.1. The van der Waals surface area contributed by atoms with Crippen molar-refractivity contribution in [1.82, 2.24) is 20.1 Å². The van der Waals surface area contributed by atoms with E-state index in [4.69, 9.17) is 0 Å². The lowest BCUT2D eigenvalue weighted by Gasteiger charge is -2.32. The minimum atomic E-state index is -0.197. The number of anilines is 1. The maximum atomic E-state index is 12.0. The van der Waals surface area contributed by atoms with Gasteiger partial charge in [-0.3, -0.25) is 10.2 Å². The maximum absolute atomic E-state index is 12.0. The zero-order valence-corrected chi connectivity index (χ0v) is 15.4. The van der Waals surface area contributed by atoms with E-state index in [0.717, 1.165) is 47.4 Å². The quantitative estimate of drug-likeness (QED) is 0.831. The predicted molar refractivity (Wildman–Crippen MR) is 98.3 cm³/mol. The molecule has 2 aromatic rings. The van der Waals surface area contributed by atoms with E-state index in [0.29, 0.717) is 11.7 Å². The Labute approximate surface area is 148 Å². The molecule has 0 saturated carbocycles. The van der Waals surface area contributed by atoms with Crippen molar-refractivity contribution >= 4 is 48.6 Å². The van der Waals surface area contributed by atoms with Crippen LogP contribution in [0.2, 0.25) is 0 Å². The number of likely N-dealkylation sites (N-methyl/N-ethyl adjacent to an activating group) is 1. The Balaban J connectivity index is 1.45. The molecule has 1 aliphatic rings. The molecule has 2 heterocycles. The number of hydrogen-bond acceptors (Lipinski definition) is 5. The van der Waals surface area contributed by atoms with Crippen molar-refractivity contribution in [1.29, 1.82) is 0 Å². The average molecular weight is 398 g/mol. The van der Waals surface area contributed by atoms with Crippen molar-refractivity contribution in [2.45, 2.75) is 0 Å². The molecule has 2 N–H and O–H groups in total. The molecule has 6 nitrogen and oxygen atoms in total. The first-order valence-electron chi connectivity index (χ1n) is 7.62. The summed E-state index contributed by atoms with van der Waals surface area (Å²) in [6, 6.07) is 5.69. The lowest BCUT2D eigenvalue weighted by atomic mass is 10.3. The molecule has 1 aromatic heterocycles. The smallest absolute Gasteiger partial charge is 0.321 e. The van der Waals surface area contributed by atoms with Crippen LogP contribution in [0.4, 0.5) is 9.93 Å². The number of aromatic nitrogens is 1. The van der Waals surface area contributed by atoms with Crippen LogP contribution in [0.1, 0.15) is 0 Å². The summed E-state index contributed by atoms with van der Waals surface area (Å²) < 4.78 is 2.06. The highest BCUT2D eigenvalue weighted by molar-refractivity contribution is 9.10. The molecule has 124 valence electrons. The van der Waals surface area contributed by atoms with E-state index in [2.05, 4.69) is 48.4 Å². The molecule has 23 heavy (non-hydrogen) atoms. The lowest BCUT2D eigenvalue weighted by Crippen LogP contribution is -2.47. The predicted octanol–water partition coefficient (Wildman–Crippen LogP) is 2.43. The number of rotatable bonds is 4. The van der Waals surface area contributed by atoms with Crippen LogP contribution in [0.25, 0.3) is 10.2 Å². The molecule has 1 saturated heterocycles. The fourth-order valence-electron chi connectivity index (χ4n) is 2.49. The summed E-state index contributed by atoms with van der Waals surface area (Å²) in [7, 11) is 2.14. The van der Waals surface area contributed by atoms with Gasteiger partial charge < -0.3 is 10.2 Å². The third-order valence-electron chi connectivity index (χ3n) is 3.88. The van der Waals surface area contributed by atoms with Gasteiger partial charge in [-0.1, -0.05) is 27.3 Å². The summed E-state index contributed by atoms with van der Waals surface area (Å²) in [5.41, 5.74) is 0.894. The van der Waals surface area contributed by atoms with Crippen LogP contribution in [-0.2, 0) is 0 Å². The van der Waals surface area contributed by atoms with Crippen molar-refractivity contribution in [3.8, 4) is 0 Å². The summed E-state index contributed by atoms with van der Waals surface area (Å²) in [6.07, 6.45) is 0. The van der Waals surface area contributed by atoms with Gasteiger partial charge in [0.2, 0.25) is 0 Å². The first kappa shape index (κ1) is 16.6. The standard InChI is InChI=1S/C15H20BrN5OS/c1-20-6-8-21(9-7-20)5-4-17-14(22)19-15-18-12-3-2-11(16)10-13(12)23-15/h2-3,10H,4-9H2,1H3,(H2,17,18,19,22). The number of nitrogens with one attached hydrogen (secondary N) is 2. The van der Waals surface area contributed by atoms with E-state index in [-0.39, 0.29) is 6.03 Å². The Bertz CT molecular complexity index is 684. The second-order valence-corrected chi connectivity index (χ2v) is 7.60. The zero-order valence-electron chi connectivity index (χ0n) is 13.0. The number of carbonyl (C=O) groups is 1. The van der Waals surface area contributed by atoms with Crippen molar-refractivity contribution in [3.05, 3.63) is 22.7 Å². The van der Waals surface area contributed by atoms with Crippen molar-refractivity contribution < 1.29 is 4.79 Å². The Morgan fingerprint density at radius 3 is 2.91 bits per heavy atom. The molecular formula is C15H20BrN5OS. The number of thiazole rings is 1. The highest BCUT2D eigenvalue weighted by atomic mass is 79.9. The monoisotopic (exact) mass is 397 g/mol. The Morgan fingerprint density at radius 2 is 2.13 bits per heavy atom. The molecule has 1 fully saturated rings. The second kappa shape index (κ2) is 7.57. The largest absolute Gasteiger partial charge is 0.337 e. The molecular weight excluding hydrogens is 378 g/mol. The number of amides is 2. The minimum Gasteiger partial charge on any atom is -0.337 e. The van der Waals surface area contributed by atoms with Gasteiger partial charge in [-0.25, -0.2) is 9.78 Å². The molecule has 0 spiro atoms. The average Bonchev–Trinajstić information content (AvgIpc) is 2.90. The third kappa shape index (κ3) is 4.63. The minimum absolute atomic E-state index is 0.197. The first-order chi connectivity index (χ1) is 11.1. The number of halogens is 1. The molecule has 2 amide bonds. The van der Waals surface area contributed by atoms with Gasteiger partial charge in [0.15, 0.2) is 5.13 Å². The number of nitrogens with zero attached hydrogens (tertiary/aromatic N) is 3. The fraction of sp³-hybridized carbons (Fsp3) is 0.467. The highest BCUT2D eigenvalue weighted by Crippen LogP contribution is 2.28. The molecule has 0 aliphatic carbocycles. The highest BCUT2D eigenvalue weighted by Gasteiger charge is 2.13. The van der Waals surface area contributed by atoms with E-state index in [1.165, 1.54) is 11.3 Å². The Morgan fingerprint density at radius 1 is 1.35 bits per heavy atom. The van der Waals surface area contributed by atoms with Crippen molar-refractivity contribution in [2.24, 2.45) is 0 Å². The van der Waals surface area contributed by atoms with Crippen LogP contribution < -0.4 is 10.6 Å². The van der Waals surface area contributed by atoms with Crippen LogP contribution in [0.5, 0.6) is 0 Å². The number of fused-ring (bicyclic) bond motifs is 1. The van der Waals surface area contributed by atoms with Gasteiger partial charge in [-0.05, 0) is 25.2 Å². The van der Waals surface area contributed by atoms with Crippen LogP contribution in [-0.4, -0.2) is 67.1 Å². The molecule has 0 radical (unpaired) electrons. The van der Waals surface area contributed by atoms with E-state index < -0.39 is 0 Å². The van der Waals surface area contributed by atoms with E-state index in [9.17, 15) is 4.79 Å².